The Morgan fingerprint density at radius 2 is 1.85 bits per heavy atom. The first-order chi connectivity index (χ1) is 16.3. The average molecular weight is 478 g/mol. The van der Waals surface area contributed by atoms with Gasteiger partial charge in [0, 0.05) is 49.7 Å². The monoisotopic (exact) mass is 477 g/mol. The molecule has 0 saturated carbocycles. The summed E-state index contributed by atoms with van der Waals surface area (Å²) >= 11 is 0. The molecular weight excluding hydrogens is 447 g/mol. The van der Waals surface area contributed by atoms with Gasteiger partial charge in [-0.1, -0.05) is 6.92 Å². The van der Waals surface area contributed by atoms with Crippen molar-refractivity contribution < 1.29 is 18.0 Å². The molecule has 1 atom stereocenters. The summed E-state index contributed by atoms with van der Waals surface area (Å²) in [6, 6.07) is 0. The van der Waals surface area contributed by atoms with Crippen molar-refractivity contribution in [1.82, 2.24) is 24.8 Å². The van der Waals surface area contributed by atoms with Gasteiger partial charge >= 0.3 is 6.18 Å². The predicted molar refractivity (Wildman–Crippen MR) is 121 cm³/mol. The molecular formula is C23H30F3N7O. The van der Waals surface area contributed by atoms with Crippen molar-refractivity contribution >= 4 is 17.5 Å². The lowest BCUT2D eigenvalue weighted by atomic mass is 9.92. The molecule has 1 amide bonds. The fourth-order valence-corrected chi connectivity index (χ4v) is 5.43. The molecule has 0 aliphatic carbocycles. The van der Waals surface area contributed by atoms with E-state index in [2.05, 4.69) is 35.1 Å². The van der Waals surface area contributed by atoms with Crippen LogP contribution in [0.3, 0.4) is 0 Å². The standard InChI is InChI=1S/C23H30F3N7O/c1-14-12-17(34)30-21-18(14)22(28-13-27-21)33-10-4-15(5-11-33)20-29-16(19(31-20)23(24,25)26)6-9-32-7-2-3-8-32/h13-15H,2-12H2,1H3,(H,29,31)(H,27,28,30,34). The van der Waals surface area contributed by atoms with E-state index in [0.717, 1.165) is 37.3 Å². The molecule has 0 bridgehead atoms. The quantitative estimate of drug-likeness (QED) is 0.683. The van der Waals surface area contributed by atoms with Gasteiger partial charge < -0.3 is 20.1 Å². The second kappa shape index (κ2) is 9.16. The van der Waals surface area contributed by atoms with Crippen LogP contribution in [0.1, 0.15) is 73.6 Å². The molecule has 8 nitrogen and oxygen atoms in total. The number of piperidine rings is 1. The normalized spacial score (nSPS) is 22.2. The first-order valence-corrected chi connectivity index (χ1v) is 12.1. The zero-order valence-electron chi connectivity index (χ0n) is 19.3. The van der Waals surface area contributed by atoms with Gasteiger partial charge in [-0.05, 0) is 44.7 Å². The number of likely N-dealkylation sites (tertiary alicyclic amines) is 1. The van der Waals surface area contributed by atoms with Crippen LogP contribution in [0.15, 0.2) is 6.33 Å². The van der Waals surface area contributed by atoms with E-state index in [1.807, 2.05) is 6.92 Å². The minimum absolute atomic E-state index is 0.00950. The number of rotatable bonds is 5. The largest absolute Gasteiger partial charge is 0.435 e. The first kappa shape index (κ1) is 23.1. The molecule has 5 rings (SSSR count). The average Bonchev–Trinajstić information content (AvgIpc) is 3.47. The Kier molecular flexibility index (Phi) is 6.22. The molecule has 2 aromatic rings. The van der Waals surface area contributed by atoms with Crippen LogP contribution >= 0.6 is 0 Å². The summed E-state index contributed by atoms with van der Waals surface area (Å²) in [5, 5.41) is 2.82. The smallest absolute Gasteiger partial charge is 0.356 e. The van der Waals surface area contributed by atoms with Gasteiger partial charge in [-0.2, -0.15) is 13.2 Å². The number of alkyl halides is 3. The van der Waals surface area contributed by atoms with E-state index in [4.69, 9.17) is 0 Å². The highest BCUT2D eigenvalue weighted by molar-refractivity contribution is 5.94. The summed E-state index contributed by atoms with van der Waals surface area (Å²) in [7, 11) is 0. The molecule has 5 heterocycles. The highest BCUT2D eigenvalue weighted by Crippen LogP contribution is 2.39. The van der Waals surface area contributed by atoms with E-state index in [1.54, 1.807) is 0 Å². The first-order valence-electron chi connectivity index (χ1n) is 12.1. The molecule has 2 aromatic heterocycles. The maximum Gasteiger partial charge on any atom is 0.435 e. The van der Waals surface area contributed by atoms with Gasteiger partial charge in [0.2, 0.25) is 5.91 Å². The van der Waals surface area contributed by atoms with Gasteiger partial charge in [-0.3, -0.25) is 4.79 Å². The number of aromatic amines is 1. The number of fused-ring (bicyclic) bond motifs is 1. The Morgan fingerprint density at radius 1 is 1.12 bits per heavy atom. The number of hydrogen-bond donors (Lipinski definition) is 2. The number of carbonyl (C=O) groups excluding carboxylic acids is 1. The van der Waals surface area contributed by atoms with Crippen molar-refractivity contribution in [2.75, 3.05) is 42.9 Å². The number of aromatic nitrogens is 4. The molecule has 0 spiro atoms. The van der Waals surface area contributed by atoms with E-state index in [-0.39, 0.29) is 23.4 Å². The van der Waals surface area contributed by atoms with E-state index in [1.165, 1.54) is 6.33 Å². The van der Waals surface area contributed by atoms with E-state index in [9.17, 15) is 18.0 Å². The van der Waals surface area contributed by atoms with Crippen LogP contribution in [0.5, 0.6) is 0 Å². The summed E-state index contributed by atoms with van der Waals surface area (Å²) in [4.78, 5) is 32.0. The van der Waals surface area contributed by atoms with E-state index >= 15 is 0 Å². The van der Waals surface area contributed by atoms with Gasteiger partial charge in [0.1, 0.15) is 23.8 Å². The molecule has 3 aliphatic rings. The fraction of sp³-hybridized carbons (Fsp3) is 0.652. The van der Waals surface area contributed by atoms with E-state index < -0.39 is 11.9 Å². The van der Waals surface area contributed by atoms with Crippen LogP contribution in [0.4, 0.5) is 24.8 Å². The minimum atomic E-state index is -4.46. The van der Waals surface area contributed by atoms with Crippen LogP contribution in [0, 0.1) is 0 Å². The third kappa shape index (κ3) is 4.62. The maximum absolute atomic E-state index is 13.7. The van der Waals surface area contributed by atoms with Gasteiger partial charge in [0.05, 0.1) is 0 Å². The summed E-state index contributed by atoms with van der Waals surface area (Å²) in [5.74, 6) is 1.69. The van der Waals surface area contributed by atoms with Crippen LogP contribution < -0.4 is 10.2 Å². The van der Waals surface area contributed by atoms with E-state index in [0.29, 0.717) is 57.0 Å². The zero-order chi connectivity index (χ0) is 23.9. The second-order valence-corrected chi connectivity index (χ2v) is 9.62. The molecule has 2 fully saturated rings. The molecule has 11 heteroatoms. The number of H-pyrrole nitrogens is 1. The van der Waals surface area contributed by atoms with Crippen molar-refractivity contribution in [3.63, 3.8) is 0 Å². The lowest BCUT2D eigenvalue weighted by Gasteiger charge is -2.35. The molecule has 2 N–H and O–H groups in total. The number of nitrogens with one attached hydrogen (secondary N) is 2. The number of amides is 1. The molecule has 0 radical (unpaired) electrons. The summed E-state index contributed by atoms with van der Waals surface area (Å²) in [6.45, 7) is 5.82. The molecule has 184 valence electrons. The number of imidazole rings is 1. The van der Waals surface area contributed by atoms with Crippen LogP contribution in [0.2, 0.25) is 0 Å². The van der Waals surface area contributed by atoms with Crippen LogP contribution in [-0.4, -0.2) is 63.5 Å². The van der Waals surface area contributed by atoms with Crippen molar-refractivity contribution in [3.8, 4) is 0 Å². The highest BCUT2D eigenvalue weighted by atomic mass is 19.4. The topological polar surface area (TPSA) is 90.0 Å². The van der Waals surface area contributed by atoms with Gasteiger partial charge in [-0.15, -0.1) is 0 Å². The molecule has 3 aliphatic heterocycles. The minimum Gasteiger partial charge on any atom is -0.356 e. The van der Waals surface area contributed by atoms with Crippen molar-refractivity contribution in [2.45, 2.75) is 63.5 Å². The number of nitrogens with zero attached hydrogens (tertiary/aromatic N) is 5. The molecule has 0 aromatic carbocycles. The SMILES string of the molecule is CC1CC(=O)Nc2ncnc(N3CCC(c4nc(C(F)(F)F)c(CCN5CCCC5)[nH]4)CC3)c21. The third-order valence-electron chi connectivity index (χ3n) is 7.23. The second-order valence-electron chi connectivity index (χ2n) is 9.62. The Labute approximate surface area is 196 Å². The Bertz CT molecular complexity index is 1040. The highest BCUT2D eigenvalue weighted by Gasteiger charge is 2.39. The fourth-order valence-electron chi connectivity index (χ4n) is 5.43. The lowest BCUT2D eigenvalue weighted by molar-refractivity contribution is -0.141. The predicted octanol–water partition coefficient (Wildman–Crippen LogP) is 3.69. The molecule has 1 unspecified atom stereocenters. The van der Waals surface area contributed by atoms with Crippen molar-refractivity contribution in [2.24, 2.45) is 0 Å². The summed E-state index contributed by atoms with van der Waals surface area (Å²) < 4.78 is 41.1. The Morgan fingerprint density at radius 3 is 2.56 bits per heavy atom. The van der Waals surface area contributed by atoms with Gasteiger partial charge in [0.25, 0.3) is 0 Å². The number of halogens is 3. The maximum atomic E-state index is 13.7. The molecule has 34 heavy (non-hydrogen) atoms. The lowest BCUT2D eigenvalue weighted by Crippen LogP contribution is -2.36. The van der Waals surface area contributed by atoms with Crippen molar-refractivity contribution in [1.29, 1.82) is 0 Å². The Hall–Kier alpha value is -2.69. The molecule has 2 saturated heterocycles. The summed E-state index contributed by atoms with van der Waals surface area (Å²) in [6.07, 6.45) is 1.28. The van der Waals surface area contributed by atoms with Crippen LogP contribution in [-0.2, 0) is 17.4 Å². The number of hydrogen-bond acceptors (Lipinski definition) is 6. The number of carbonyl (C=O) groups is 1. The van der Waals surface area contributed by atoms with Gasteiger partial charge in [-0.25, -0.2) is 15.0 Å². The number of anilines is 2. The van der Waals surface area contributed by atoms with Crippen LogP contribution in [0.25, 0.3) is 0 Å². The van der Waals surface area contributed by atoms with Gasteiger partial charge in [0.15, 0.2) is 5.69 Å². The van der Waals surface area contributed by atoms with Crippen molar-refractivity contribution in [3.05, 3.63) is 29.1 Å². The Balaban J connectivity index is 1.29. The third-order valence-corrected chi connectivity index (χ3v) is 7.23. The zero-order valence-corrected chi connectivity index (χ0v) is 19.3. The summed E-state index contributed by atoms with van der Waals surface area (Å²) in [5.41, 5.74) is 0.368.